The SMILES string of the molecule is CSc1nc(Nc2ccc3ncsc3c2)c2c(=O)[nH]ccc2n1. The Labute approximate surface area is 139 Å². The van der Waals surface area contributed by atoms with Gasteiger partial charge < -0.3 is 10.3 Å². The molecule has 0 radical (unpaired) electrons. The van der Waals surface area contributed by atoms with Crippen molar-refractivity contribution in [2.75, 3.05) is 11.6 Å². The summed E-state index contributed by atoms with van der Waals surface area (Å²) in [5, 5.41) is 4.31. The number of H-pyrrole nitrogens is 1. The van der Waals surface area contributed by atoms with Gasteiger partial charge in [0.1, 0.15) is 11.2 Å². The molecule has 0 bridgehead atoms. The average molecular weight is 341 g/mol. The Kier molecular flexibility index (Phi) is 3.47. The molecule has 0 atom stereocenters. The molecular formula is C15H11N5OS2. The van der Waals surface area contributed by atoms with E-state index in [2.05, 4.69) is 25.3 Å². The summed E-state index contributed by atoms with van der Waals surface area (Å²) in [5.74, 6) is 0.505. The fraction of sp³-hybridized carbons (Fsp3) is 0.0667. The summed E-state index contributed by atoms with van der Waals surface area (Å²) in [6.45, 7) is 0. The zero-order chi connectivity index (χ0) is 15.8. The Morgan fingerprint density at radius 1 is 1.22 bits per heavy atom. The molecule has 0 saturated carbocycles. The lowest BCUT2D eigenvalue weighted by Gasteiger charge is -2.09. The normalized spacial score (nSPS) is 11.2. The standard InChI is InChI=1S/C15H11N5OS2/c1-22-15-19-10-4-5-16-14(21)12(10)13(20-15)18-8-2-3-9-11(6-8)23-7-17-9/h2-7H,1H3,(H,16,21)(H,18,19,20). The molecule has 0 spiro atoms. The van der Waals surface area contributed by atoms with E-state index in [-0.39, 0.29) is 5.56 Å². The van der Waals surface area contributed by atoms with Gasteiger partial charge in [-0.1, -0.05) is 11.8 Å². The number of thiazole rings is 1. The predicted octanol–water partition coefficient (Wildman–Crippen LogP) is 3.39. The van der Waals surface area contributed by atoms with Gasteiger partial charge in [-0.2, -0.15) is 0 Å². The minimum absolute atomic E-state index is 0.212. The molecule has 4 aromatic rings. The molecule has 1 aromatic carbocycles. The third kappa shape index (κ3) is 2.55. The van der Waals surface area contributed by atoms with Crippen LogP contribution in [0.25, 0.3) is 21.1 Å². The van der Waals surface area contributed by atoms with Crippen molar-refractivity contribution in [3.63, 3.8) is 0 Å². The summed E-state index contributed by atoms with van der Waals surface area (Å²) in [6.07, 6.45) is 3.50. The van der Waals surface area contributed by atoms with Gasteiger partial charge in [0.15, 0.2) is 5.16 Å². The van der Waals surface area contributed by atoms with Gasteiger partial charge in [0.25, 0.3) is 5.56 Å². The van der Waals surface area contributed by atoms with Crippen LogP contribution < -0.4 is 10.9 Å². The summed E-state index contributed by atoms with van der Waals surface area (Å²) in [6, 6.07) is 7.63. The fourth-order valence-electron chi connectivity index (χ4n) is 2.32. The van der Waals surface area contributed by atoms with Crippen LogP contribution in [0, 0.1) is 0 Å². The van der Waals surface area contributed by atoms with Gasteiger partial charge in [-0.05, 0) is 30.5 Å². The third-order valence-corrected chi connectivity index (χ3v) is 4.72. The van der Waals surface area contributed by atoms with E-state index in [1.54, 1.807) is 23.6 Å². The molecule has 6 nitrogen and oxygen atoms in total. The number of benzene rings is 1. The number of thioether (sulfide) groups is 1. The molecule has 2 N–H and O–H groups in total. The van der Waals surface area contributed by atoms with Crippen molar-refractivity contribution in [1.29, 1.82) is 0 Å². The first-order valence-electron chi connectivity index (χ1n) is 6.78. The maximum absolute atomic E-state index is 12.2. The molecule has 0 saturated heterocycles. The lowest BCUT2D eigenvalue weighted by atomic mass is 10.2. The quantitative estimate of drug-likeness (QED) is 0.439. The van der Waals surface area contributed by atoms with Gasteiger partial charge in [-0.3, -0.25) is 4.79 Å². The van der Waals surface area contributed by atoms with Gasteiger partial charge in [0.05, 0.1) is 21.2 Å². The molecule has 0 aliphatic heterocycles. The van der Waals surface area contributed by atoms with Gasteiger partial charge >= 0.3 is 0 Å². The van der Waals surface area contributed by atoms with Crippen molar-refractivity contribution in [1.82, 2.24) is 19.9 Å². The molecule has 23 heavy (non-hydrogen) atoms. The van der Waals surface area contributed by atoms with E-state index in [9.17, 15) is 4.79 Å². The fourth-order valence-corrected chi connectivity index (χ4v) is 3.41. The number of nitrogens with one attached hydrogen (secondary N) is 2. The van der Waals surface area contributed by atoms with Crippen LogP contribution in [0.5, 0.6) is 0 Å². The zero-order valence-corrected chi connectivity index (χ0v) is 13.7. The van der Waals surface area contributed by atoms with Crippen LogP contribution in [0.2, 0.25) is 0 Å². The van der Waals surface area contributed by atoms with E-state index in [0.717, 1.165) is 15.9 Å². The highest BCUT2D eigenvalue weighted by molar-refractivity contribution is 7.98. The van der Waals surface area contributed by atoms with Crippen molar-refractivity contribution >= 4 is 55.7 Å². The van der Waals surface area contributed by atoms with E-state index >= 15 is 0 Å². The smallest absolute Gasteiger partial charge is 0.261 e. The summed E-state index contributed by atoms with van der Waals surface area (Å²) in [4.78, 5) is 27.9. The lowest BCUT2D eigenvalue weighted by molar-refractivity contribution is 1.01. The lowest BCUT2D eigenvalue weighted by Crippen LogP contribution is -2.10. The highest BCUT2D eigenvalue weighted by Crippen LogP contribution is 2.27. The van der Waals surface area contributed by atoms with Crippen molar-refractivity contribution < 1.29 is 0 Å². The summed E-state index contributed by atoms with van der Waals surface area (Å²) in [7, 11) is 0. The molecule has 0 unspecified atom stereocenters. The summed E-state index contributed by atoms with van der Waals surface area (Å²) < 4.78 is 1.08. The van der Waals surface area contributed by atoms with Crippen LogP contribution in [0.3, 0.4) is 0 Å². The molecule has 3 heterocycles. The minimum atomic E-state index is -0.212. The predicted molar refractivity (Wildman–Crippen MR) is 94.8 cm³/mol. The molecular weight excluding hydrogens is 330 g/mol. The second-order valence-electron chi connectivity index (χ2n) is 4.79. The second kappa shape index (κ2) is 5.64. The van der Waals surface area contributed by atoms with Crippen molar-refractivity contribution in [3.8, 4) is 0 Å². The van der Waals surface area contributed by atoms with Gasteiger partial charge in [-0.25, -0.2) is 15.0 Å². The second-order valence-corrected chi connectivity index (χ2v) is 6.45. The Hall–Kier alpha value is -2.45. The monoisotopic (exact) mass is 341 g/mol. The Bertz CT molecular complexity index is 1070. The number of fused-ring (bicyclic) bond motifs is 2. The highest BCUT2D eigenvalue weighted by atomic mass is 32.2. The van der Waals surface area contributed by atoms with Crippen LogP contribution in [-0.2, 0) is 0 Å². The van der Waals surface area contributed by atoms with E-state index < -0.39 is 0 Å². The Morgan fingerprint density at radius 2 is 2.13 bits per heavy atom. The van der Waals surface area contributed by atoms with Crippen molar-refractivity contribution in [2.45, 2.75) is 5.16 Å². The van der Waals surface area contributed by atoms with Crippen LogP contribution in [0.15, 0.2) is 45.9 Å². The Balaban J connectivity index is 1.88. The maximum atomic E-state index is 12.2. The zero-order valence-electron chi connectivity index (χ0n) is 12.0. The van der Waals surface area contributed by atoms with E-state index in [1.165, 1.54) is 11.8 Å². The number of nitrogens with zero attached hydrogens (tertiary/aromatic N) is 3. The van der Waals surface area contributed by atoms with Gasteiger partial charge in [0, 0.05) is 11.9 Å². The first kappa shape index (κ1) is 14.2. The molecule has 4 rings (SSSR count). The number of anilines is 2. The molecule has 8 heteroatoms. The summed E-state index contributed by atoms with van der Waals surface area (Å²) in [5.41, 5.74) is 4.03. The average Bonchev–Trinajstić information content (AvgIpc) is 3.02. The number of rotatable bonds is 3. The van der Waals surface area contributed by atoms with Gasteiger partial charge in [-0.15, -0.1) is 11.3 Å². The van der Waals surface area contributed by atoms with E-state index in [1.807, 2.05) is 30.0 Å². The largest absolute Gasteiger partial charge is 0.339 e. The number of pyridine rings is 1. The van der Waals surface area contributed by atoms with Crippen LogP contribution in [-0.4, -0.2) is 26.2 Å². The van der Waals surface area contributed by atoms with Crippen LogP contribution in [0.4, 0.5) is 11.5 Å². The Morgan fingerprint density at radius 3 is 3.00 bits per heavy atom. The molecule has 0 amide bonds. The number of hydrogen-bond donors (Lipinski definition) is 2. The van der Waals surface area contributed by atoms with Crippen molar-refractivity contribution in [2.24, 2.45) is 0 Å². The maximum Gasteiger partial charge on any atom is 0.261 e. The number of aromatic amines is 1. The number of hydrogen-bond acceptors (Lipinski definition) is 7. The summed E-state index contributed by atoms with van der Waals surface area (Å²) >= 11 is 3.01. The van der Waals surface area contributed by atoms with Crippen molar-refractivity contribution in [3.05, 3.63) is 46.3 Å². The topological polar surface area (TPSA) is 83.6 Å². The van der Waals surface area contributed by atoms with Crippen LogP contribution >= 0.6 is 23.1 Å². The van der Waals surface area contributed by atoms with Crippen LogP contribution in [0.1, 0.15) is 0 Å². The molecule has 3 aromatic heterocycles. The van der Waals surface area contributed by atoms with E-state index in [4.69, 9.17) is 0 Å². The first-order chi connectivity index (χ1) is 11.2. The molecule has 0 aliphatic rings. The third-order valence-electron chi connectivity index (χ3n) is 3.38. The molecule has 114 valence electrons. The van der Waals surface area contributed by atoms with Gasteiger partial charge in [0.2, 0.25) is 0 Å². The highest BCUT2D eigenvalue weighted by Gasteiger charge is 2.11. The first-order valence-corrected chi connectivity index (χ1v) is 8.89. The molecule has 0 fully saturated rings. The minimum Gasteiger partial charge on any atom is -0.339 e. The number of aromatic nitrogens is 4. The molecule has 0 aliphatic carbocycles. The van der Waals surface area contributed by atoms with E-state index in [0.29, 0.717) is 21.9 Å².